The number of carbonyl (C=O) groups is 1. The molecule has 3 heteroatoms. The number of rotatable bonds is 2. The molecular weight excluding hydrogens is 212 g/mol. The molecule has 1 saturated heterocycles. The van der Waals surface area contributed by atoms with Crippen LogP contribution in [0, 0.1) is 0 Å². The number of likely N-dealkylation sites (N-methyl/N-ethyl adjacent to an activating group) is 1. The Morgan fingerprint density at radius 1 is 1.18 bits per heavy atom. The van der Waals surface area contributed by atoms with Gasteiger partial charge in [0.15, 0.2) is 0 Å². The van der Waals surface area contributed by atoms with Gasteiger partial charge in [-0.25, -0.2) is 0 Å². The molecule has 1 aliphatic heterocycles. The first kappa shape index (κ1) is 12.6. The number of hydrogen-bond acceptors (Lipinski definition) is 2. The molecule has 0 aromatic rings. The minimum Gasteiger partial charge on any atom is -0.338 e. The van der Waals surface area contributed by atoms with E-state index in [-0.39, 0.29) is 6.04 Å². The lowest BCUT2D eigenvalue weighted by molar-refractivity contribution is -0.135. The van der Waals surface area contributed by atoms with Crippen LogP contribution in [0.2, 0.25) is 0 Å². The molecule has 1 aliphatic carbocycles. The van der Waals surface area contributed by atoms with Crippen molar-refractivity contribution < 1.29 is 4.79 Å². The fourth-order valence-electron chi connectivity index (χ4n) is 2.96. The number of allylic oxidation sites excluding steroid dienone is 2. The van der Waals surface area contributed by atoms with Crippen LogP contribution in [-0.4, -0.2) is 36.5 Å². The standard InChI is InChI=1S/C14H24N2O/c1-15-13-10-6-7-11-16(14(13)17)12-8-4-2-3-5-9-12/h2-3,12-13,15H,4-11H2,1H3. The van der Waals surface area contributed by atoms with E-state index in [1.807, 2.05) is 7.05 Å². The number of likely N-dealkylation sites (tertiary alicyclic amines) is 1. The third kappa shape index (κ3) is 3.09. The minimum absolute atomic E-state index is 0.0497. The maximum Gasteiger partial charge on any atom is 0.239 e. The van der Waals surface area contributed by atoms with Crippen molar-refractivity contribution in [3.05, 3.63) is 12.2 Å². The molecule has 0 spiro atoms. The zero-order valence-electron chi connectivity index (χ0n) is 10.8. The lowest BCUT2D eigenvalue weighted by Crippen LogP contribution is -2.48. The molecule has 1 amide bonds. The van der Waals surface area contributed by atoms with E-state index < -0.39 is 0 Å². The molecule has 1 N–H and O–H groups in total. The summed E-state index contributed by atoms with van der Waals surface area (Å²) in [6, 6.07) is 0.514. The van der Waals surface area contributed by atoms with Crippen LogP contribution in [0.5, 0.6) is 0 Å². The van der Waals surface area contributed by atoms with E-state index in [4.69, 9.17) is 0 Å². The van der Waals surface area contributed by atoms with Crippen molar-refractivity contribution in [3.8, 4) is 0 Å². The van der Waals surface area contributed by atoms with Gasteiger partial charge in [0.1, 0.15) is 0 Å². The number of carbonyl (C=O) groups excluding carboxylic acids is 1. The molecule has 0 aromatic heterocycles. The van der Waals surface area contributed by atoms with Crippen molar-refractivity contribution in [2.75, 3.05) is 13.6 Å². The molecule has 1 heterocycles. The van der Waals surface area contributed by atoms with Crippen LogP contribution in [0.4, 0.5) is 0 Å². The summed E-state index contributed by atoms with van der Waals surface area (Å²) in [6.07, 6.45) is 12.4. The van der Waals surface area contributed by atoms with Crippen molar-refractivity contribution >= 4 is 5.91 Å². The highest BCUT2D eigenvalue weighted by Gasteiger charge is 2.30. The Kier molecular flexibility index (Phi) is 4.60. The van der Waals surface area contributed by atoms with Crippen LogP contribution < -0.4 is 5.32 Å². The molecular formula is C14H24N2O. The van der Waals surface area contributed by atoms with E-state index in [2.05, 4.69) is 22.4 Å². The van der Waals surface area contributed by atoms with Crippen molar-refractivity contribution in [2.45, 2.75) is 57.0 Å². The van der Waals surface area contributed by atoms with E-state index in [9.17, 15) is 4.79 Å². The summed E-state index contributed by atoms with van der Waals surface area (Å²) in [5.41, 5.74) is 0. The maximum atomic E-state index is 12.4. The number of amides is 1. The minimum atomic E-state index is 0.0497. The predicted molar refractivity (Wildman–Crippen MR) is 69.8 cm³/mol. The average molecular weight is 236 g/mol. The molecule has 2 rings (SSSR count). The maximum absolute atomic E-state index is 12.4. The Bertz CT molecular complexity index is 278. The summed E-state index contributed by atoms with van der Waals surface area (Å²) in [6.45, 7) is 0.960. The third-order valence-corrected chi connectivity index (χ3v) is 4.01. The van der Waals surface area contributed by atoms with Crippen LogP contribution in [0.15, 0.2) is 12.2 Å². The van der Waals surface area contributed by atoms with Crippen LogP contribution in [0.1, 0.15) is 44.9 Å². The molecule has 17 heavy (non-hydrogen) atoms. The molecule has 0 saturated carbocycles. The highest BCUT2D eigenvalue weighted by atomic mass is 16.2. The fraction of sp³-hybridized carbons (Fsp3) is 0.786. The Morgan fingerprint density at radius 3 is 2.53 bits per heavy atom. The fourth-order valence-corrected chi connectivity index (χ4v) is 2.96. The number of nitrogens with zero attached hydrogens (tertiary/aromatic N) is 1. The second kappa shape index (κ2) is 6.20. The first-order valence-corrected chi connectivity index (χ1v) is 6.95. The van der Waals surface area contributed by atoms with E-state index in [0.29, 0.717) is 11.9 Å². The van der Waals surface area contributed by atoms with Crippen molar-refractivity contribution in [2.24, 2.45) is 0 Å². The summed E-state index contributed by atoms with van der Waals surface area (Å²) in [5.74, 6) is 0.330. The Balaban J connectivity index is 2.03. The zero-order valence-corrected chi connectivity index (χ0v) is 10.8. The van der Waals surface area contributed by atoms with Crippen LogP contribution in [0.3, 0.4) is 0 Å². The van der Waals surface area contributed by atoms with Crippen molar-refractivity contribution in [1.29, 1.82) is 0 Å². The molecule has 3 nitrogen and oxygen atoms in total. The highest BCUT2D eigenvalue weighted by Crippen LogP contribution is 2.22. The normalized spacial score (nSPS) is 27.9. The Morgan fingerprint density at radius 2 is 1.88 bits per heavy atom. The molecule has 2 aliphatic rings. The van der Waals surface area contributed by atoms with Gasteiger partial charge in [-0.3, -0.25) is 4.79 Å². The number of nitrogens with one attached hydrogen (secondary N) is 1. The van der Waals surface area contributed by atoms with Crippen LogP contribution in [0.25, 0.3) is 0 Å². The van der Waals surface area contributed by atoms with Gasteiger partial charge in [0.25, 0.3) is 0 Å². The molecule has 96 valence electrons. The molecule has 0 aromatic carbocycles. The van der Waals surface area contributed by atoms with E-state index in [1.165, 1.54) is 6.42 Å². The van der Waals surface area contributed by atoms with Gasteiger partial charge in [0.2, 0.25) is 5.91 Å². The molecule has 1 fully saturated rings. The summed E-state index contributed by atoms with van der Waals surface area (Å²) in [4.78, 5) is 14.6. The predicted octanol–water partition coefficient (Wildman–Crippen LogP) is 2.09. The quantitative estimate of drug-likeness (QED) is 0.745. The van der Waals surface area contributed by atoms with Gasteiger partial charge >= 0.3 is 0 Å². The largest absolute Gasteiger partial charge is 0.338 e. The smallest absolute Gasteiger partial charge is 0.239 e. The Hall–Kier alpha value is -0.830. The second-order valence-corrected chi connectivity index (χ2v) is 5.15. The van der Waals surface area contributed by atoms with Crippen LogP contribution in [-0.2, 0) is 4.79 Å². The average Bonchev–Trinajstić information content (AvgIpc) is 2.69. The van der Waals surface area contributed by atoms with Crippen molar-refractivity contribution in [3.63, 3.8) is 0 Å². The first-order valence-electron chi connectivity index (χ1n) is 6.95. The monoisotopic (exact) mass is 236 g/mol. The van der Waals surface area contributed by atoms with Crippen LogP contribution >= 0.6 is 0 Å². The van der Waals surface area contributed by atoms with E-state index in [1.54, 1.807) is 0 Å². The topological polar surface area (TPSA) is 32.3 Å². The third-order valence-electron chi connectivity index (χ3n) is 4.01. The van der Waals surface area contributed by atoms with E-state index >= 15 is 0 Å². The second-order valence-electron chi connectivity index (χ2n) is 5.15. The summed E-state index contributed by atoms with van der Waals surface area (Å²) < 4.78 is 0. The van der Waals surface area contributed by atoms with E-state index in [0.717, 1.165) is 45.1 Å². The number of hydrogen-bond donors (Lipinski definition) is 1. The van der Waals surface area contributed by atoms with Gasteiger partial charge in [0.05, 0.1) is 6.04 Å². The van der Waals surface area contributed by atoms with Gasteiger partial charge in [-0.05, 0) is 52.0 Å². The van der Waals surface area contributed by atoms with Gasteiger partial charge in [-0.2, -0.15) is 0 Å². The summed E-state index contributed by atoms with van der Waals surface area (Å²) in [5, 5.41) is 3.17. The SMILES string of the molecule is CNC1CCCCN(C2CCC=CCC2)C1=O. The molecule has 0 radical (unpaired) electrons. The lowest BCUT2D eigenvalue weighted by atomic mass is 10.1. The molecule has 0 bridgehead atoms. The zero-order chi connectivity index (χ0) is 12.1. The molecule has 1 atom stereocenters. The van der Waals surface area contributed by atoms with Gasteiger partial charge in [0, 0.05) is 12.6 Å². The first-order chi connectivity index (χ1) is 8.33. The summed E-state index contributed by atoms with van der Waals surface area (Å²) >= 11 is 0. The summed E-state index contributed by atoms with van der Waals surface area (Å²) in [7, 11) is 1.90. The van der Waals surface area contributed by atoms with Crippen molar-refractivity contribution in [1.82, 2.24) is 10.2 Å². The lowest BCUT2D eigenvalue weighted by Gasteiger charge is -2.32. The molecule has 1 unspecified atom stereocenters. The highest BCUT2D eigenvalue weighted by molar-refractivity contribution is 5.82. The van der Waals surface area contributed by atoms with Gasteiger partial charge in [-0.1, -0.05) is 12.2 Å². The van der Waals surface area contributed by atoms with Gasteiger partial charge < -0.3 is 10.2 Å². The van der Waals surface area contributed by atoms with Gasteiger partial charge in [-0.15, -0.1) is 0 Å². The Labute approximate surface area is 104 Å².